The molecule has 2 aromatic carbocycles. The number of benzene rings is 2. The standard InChI is InChI=1S/C43H61N3O9Si2/c1-15-17-35(47)45-29(19-27-20-33(54-56(11,12)42(4,5)6)39(49-10)34(21-27)55-57(13,14)43(7,8)9)31(23-44)46-30-22-28-36(32(46)24-51-41(30)48)40-38(52-25-53-40)26(3)37(28)50-18-16-2/h15-16,20-21,29-32H,1-2,17-19,22,24-25H2,3-14H3,(H,45,47)/t29-,30-,31-,32-/m0/s1. The van der Waals surface area contributed by atoms with Crippen molar-refractivity contribution in [2.45, 2.75) is 128 Å². The number of carbonyl (C=O) groups is 2. The fraction of sp³-hybridized carbons (Fsp3) is 0.558. The molecule has 310 valence electrons. The normalized spacial score (nSPS) is 19.0. The number of hydrogen-bond acceptors (Lipinski definition) is 11. The molecule has 1 amide bonds. The number of carbonyl (C=O) groups excluding carboxylic acids is 2. The Kier molecular flexibility index (Phi) is 12.6. The summed E-state index contributed by atoms with van der Waals surface area (Å²) < 4.78 is 44.0. The van der Waals surface area contributed by atoms with Crippen LogP contribution in [0.2, 0.25) is 36.3 Å². The lowest BCUT2D eigenvalue weighted by Crippen LogP contribution is -2.63. The van der Waals surface area contributed by atoms with Crippen LogP contribution >= 0.6 is 0 Å². The number of methoxy groups -OCH3 is 1. The number of rotatable bonds is 15. The van der Waals surface area contributed by atoms with Crippen molar-refractivity contribution < 1.29 is 42.1 Å². The summed E-state index contributed by atoms with van der Waals surface area (Å²) in [6, 6.07) is 3.12. The van der Waals surface area contributed by atoms with Crippen LogP contribution in [0.5, 0.6) is 34.5 Å². The Morgan fingerprint density at radius 3 is 2.11 bits per heavy atom. The number of nitrogens with one attached hydrogen (secondary N) is 1. The monoisotopic (exact) mass is 819 g/mol. The Bertz CT molecular complexity index is 1890. The molecule has 0 aromatic heterocycles. The zero-order chi connectivity index (χ0) is 42.2. The number of amides is 1. The van der Waals surface area contributed by atoms with Crippen molar-refractivity contribution in [3.63, 3.8) is 0 Å². The SMILES string of the molecule is C=CCOc1c(C)c2c(c3c1C[C@H]1C(=O)OC[C@@H]3N1[C@@H](C#N)[C@H](Cc1cc(O[Si](C)(C)C(C)(C)C)c(OC)c(O[Si](C)(C)C(C)(C)C)c1)NC(=O)CC=C)OCO2. The van der Waals surface area contributed by atoms with Gasteiger partial charge < -0.3 is 37.9 Å². The van der Waals surface area contributed by atoms with Gasteiger partial charge in [0.05, 0.1) is 25.3 Å². The summed E-state index contributed by atoms with van der Waals surface area (Å²) in [5, 5.41) is 14.1. The van der Waals surface area contributed by atoms with E-state index < -0.39 is 46.8 Å². The van der Waals surface area contributed by atoms with Gasteiger partial charge in [-0.1, -0.05) is 60.3 Å². The van der Waals surface area contributed by atoms with Gasteiger partial charge >= 0.3 is 5.97 Å². The minimum atomic E-state index is -2.40. The molecule has 0 spiro atoms. The van der Waals surface area contributed by atoms with E-state index in [0.717, 1.165) is 22.3 Å². The maximum absolute atomic E-state index is 13.8. The molecule has 0 saturated carbocycles. The molecule has 3 heterocycles. The van der Waals surface area contributed by atoms with E-state index in [4.69, 9.17) is 32.5 Å². The van der Waals surface area contributed by atoms with Gasteiger partial charge in [0.25, 0.3) is 16.6 Å². The van der Waals surface area contributed by atoms with Crippen LogP contribution in [0, 0.1) is 18.3 Å². The van der Waals surface area contributed by atoms with Gasteiger partial charge in [0.2, 0.25) is 18.4 Å². The predicted molar refractivity (Wildman–Crippen MR) is 225 cm³/mol. The third kappa shape index (κ3) is 8.56. The number of fused-ring (bicyclic) bond motifs is 6. The Morgan fingerprint density at radius 1 is 0.982 bits per heavy atom. The molecule has 1 N–H and O–H groups in total. The molecule has 0 aliphatic carbocycles. The summed E-state index contributed by atoms with van der Waals surface area (Å²) in [5.74, 6) is 2.52. The van der Waals surface area contributed by atoms with Gasteiger partial charge in [0, 0.05) is 29.5 Å². The van der Waals surface area contributed by atoms with E-state index in [-0.39, 0.29) is 55.3 Å². The highest BCUT2D eigenvalue weighted by Gasteiger charge is 2.52. The summed E-state index contributed by atoms with van der Waals surface area (Å²) in [7, 11) is -3.20. The maximum Gasteiger partial charge on any atom is 0.323 e. The van der Waals surface area contributed by atoms with Crippen molar-refractivity contribution in [1.29, 1.82) is 5.26 Å². The third-order valence-electron chi connectivity index (χ3n) is 12.2. The average molecular weight is 820 g/mol. The number of morpholine rings is 1. The molecule has 3 aliphatic heterocycles. The molecule has 2 bridgehead atoms. The Hall–Kier alpha value is -4.46. The lowest BCUT2D eigenvalue weighted by atomic mass is 9.81. The molecule has 5 rings (SSSR count). The molecule has 2 aromatic rings. The molecule has 4 atom stereocenters. The minimum absolute atomic E-state index is 0.0153. The molecule has 1 fully saturated rings. The zero-order valence-corrected chi connectivity index (χ0v) is 37.8. The average Bonchev–Trinajstić information content (AvgIpc) is 3.59. The number of hydrogen-bond donors (Lipinski definition) is 1. The molecule has 0 radical (unpaired) electrons. The topological polar surface area (TPSA) is 138 Å². The second-order valence-electron chi connectivity index (χ2n) is 18.1. The summed E-state index contributed by atoms with van der Waals surface area (Å²) in [6.07, 6.45) is 3.61. The zero-order valence-electron chi connectivity index (χ0n) is 35.8. The molecule has 1 saturated heterocycles. The lowest BCUT2D eigenvalue weighted by molar-refractivity contribution is -0.166. The third-order valence-corrected chi connectivity index (χ3v) is 20.9. The van der Waals surface area contributed by atoms with E-state index in [1.54, 1.807) is 13.2 Å². The maximum atomic E-state index is 13.8. The van der Waals surface area contributed by atoms with Crippen LogP contribution in [0.1, 0.15) is 76.3 Å². The van der Waals surface area contributed by atoms with Gasteiger partial charge in [-0.2, -0.15) is 5.26 Å². The first-order valence-electron chi connectivity index (χ1n) is 19.6. The number of nitriles is 1. The van der Waals surface area contributed by atoms with Crippen LogP contribution in [0.4, 0.5) is 0 Å². The van der Waals surface area contributed by atoms with Crippen LogP contribution < -0.4 is 33.1 Å². The smallest absolute Gasteiger partial charge is 0.323 e. The van der Waals surface area contributed by atoms with Crippen molar-refractivity contribution in [3.05, 3.63) is 59.7 Å². The largest absolute Gasteiger partial charge is 0.541 e. The van der Waals surface area contributed by atoms with Gasteiger partial charge in [-0.3, -0.25) is 14.5 Å². The van der Waals surface area contributed by atoms with Crippen molar-refractivity contribution in [1.82, 2.24) is 10.2 Å². The second kappa shape index (κ2) is 16.4. The van der Waals surface area contributed by atoms with E-state index >= 15 is 0 Å². The van der Waals surface area contributed by atoms with Crippen molar-refractivity contribution in [2.24, 2.45) is 0 Å². The number of cyclic esters (lactones) is 1. The van der Waals surface area contributed by atoms with Gasteiger partial charge in [-0.05, 0) is 67.3 Å². The second-order valence-corrected chi connectivity index (χ2v) is 27.6. The first kappa shape index (κ1) is 43.7. The first-order valence-corrected chi connectivity index (χ1v) is 25.4. The minimum Gasteiger partial charge on any atom is -0.541 e. The predicted octanol–water partition coefficient (Wildman–Crippen LogP) is 8.09. The van der Waals surface area contributed by atoms with E-state index in [9.17, 15) is 14.9 Å². The number of esters is 1. The number of ether oxygens (including phenoxy) is 5. The molecule has 12 nitrogen and oxygen atoms in total. The van der Waals surface area contributed by atoms with Crippen molar-refractivity contribution >= 4 is 28.5 Å². The molecule has 0 unspecified atom stereocenters. The molecule has 3 aliphatic rings. The van der Waals surface area contributed by atoms with E-state index in [1.165, 1.54) is 6.08 Å². The molecule has 57 heavy (non-hydrogen) atoms. The fourth-order valence-corrected chi connectivity index (χ4v) is 9.15. The fourth-order valence-electron chi connectivity index (χ4n) is 7.14. The highest BCUT2D eigenvalue weighted by atomic mass is 28.4. The summed E-state index contributed by atoms with van der Waals surface area (Å²) in [6.45, 7) is 31.4. The van der Waals surface area contributed by atoms with Crippen molar-refractivity contribution in [2.75, 3.05) is 27.1 Å². The molecular formula is C43H61N3O9Si2. The Balaban J connectivity index is 1.67. The Labute approximate surface area is 340 Å². The summed E-state index contributed by atoms with van der Waals surface area (Å²) in [4.78, 5) is 29.1. The van der Waals surface area contributed by atoms with Crippen LogP contribution in [-0.4, -0.2) is 78.7 Å². The van der Waals surface area contributed by atoms with Gasteiger partial charge in [-0.25, -0.2) is 0 Å². The summed E-state index contributed by atoms with van der Waals surface area (Å²) >= 11 is 0. The quantitative estimate of drug-likeness (QED) is 0.106. The molecule has 14 heteroatoms. The highest BCUT2D eigenvalue weighted by molar-refractivity contribution is 6.75. The van der Waals surface area contributed by atoms with Crippen LogP contribution in [-0.2, 0) is 27.2 Å². The van der Waals surface area contributed by atoms with E-state index in [1.807, 2.05) is 24.0 Å². The summed E-state index contributed by atoms with van der Waals surface area (Å²) in [5.41, 5.74) is 3.08. The van der Waals surface area contributed by atoms with Gasteiger partial charge in [0.1, 0.15) is 31.0 Å². The first-order chi connectivity index (χ1) is 26.6. The van der Waals surface area contributed by atoms with E-state index in [0.29, 0.717) is 34.5 Å². The molecular weight excluding hydrogens is 759 g/mol. The van der Waals surface area contributed by atoms with Gasteiger partial charge in [0.15, 0.2) is 23.0 Å². The van der Waals surface area contributed by atoms with Gasteiger partial charge in [-0.15, -0.1) is 6.58 Å². The number of nitrogens with zero attached hydrogens (tertiary/aromatic N) is 2. The van der Waals surface area contributed by atoms with E-state index in [2.05, 4.69) is 92.3 Å². The van der Waals surface area contributed by atoms with Crippen LogP contribution in [0.25, 0.3) is 0 Å². The lowest BCUT2D eigenvalue weighted by Gasteiger charge is -2.49. The van der Waals surface area contributed by atoms with Crippen LogP contribution in [0.3, 0.4) is 0 Å². The van der Waals surface area contributed by atoms with Crippen molar-refractivity contribution in [3.8, 4) is 40.6 Å². The Morgan fingerprint density at radius 2 is 1.58 bits per heavy atom. The highest BCUT2D eigenvalue weighted by Crippen LogP contribution is 2.54. The van der Waals surface area contributed by atoms with Crippen LogP contribution in [0.15, 0.2) is 37.4 Å².